The molecule has 1 aromatic rings. The van der Waals surface area contributed by atoms with Crippen molar-refractivity contribution < 1.29 is 0 Å². The van der Waals surface area contributed by atoms with Crippen LogP contribution in [0.1, 0.15) is 16.8 Å². The summed E-state index contributed by atoms with van der Waals surface area (Å²) in [5.41, 5.74) is 3.78. The van der Waals surface area contributed by atoms with Gasteiger partial charge in [0.1, 0.15) is 0 Å². The first-order valence-electron chi connectivity index (χ1n) is 3.72. The van der Waals surface area contributed by atoms with Gasteiger partial charge in [-0.1, -0.05) is 15.9 Å². The summed E-state index contributed by atoms with van der Waals surface area (Å²) in [4.78, 5) is 4.24. The van der Waals surface area contributed by atoms with Crippen molar-refractivity contribution in [1.29, 1.82) is 0 Å². The van der Waals surface area contributed by atoms with E-state index in [1.807, 2.05) is 13.1 Å². The topological polar surface area (TPSA) is 12.9 Å². The van der Waals surface area contributed by atoms with E-state index in [0.29, 0.717) is 0 Å². The predicted octanol–water partition coefficient (Wildman–Crippen LogP) is 2.64. The first kappa shape index (κ1) is 8.72. The van der Waals surface area contributed by atoms with Crippen molar-refractivity contribution >= 4 is 15.9 Å². The Morgan fingerprint density at radius 1 is 1.45 bits per heavy atom. The van der Waals surface area contributed by atoms with Crippen LogP contribution in [0.3, 0.4) is 0 Å². The lowest BCUT2D eigenvalue weighted by atomic mass is 10.1. The first-order valence-corrected chi connectivity index (χ1v) is 4.84. The van der Waals surface area contributed by atoms with E-state index in [4.69, 9.17) is 0 Å². The molecule has 0 spiro atoms. The molecular formula is C9H12BrN. The fourth-order valence-corrected chi connectivity index (χ4v) is 1.52. The zero-order valence-electron chi connectivity index (χ0n) is 6.89. The van der Waals surface area contributed by atoms with Crippen molar-refractivity contribution in [2.75, 3.05) is 5.33 Å². The Kier molecular flexibility index (Phi) is 3.06. The number of alkyl halides is 1. The molecule has 0 aliphatic rings. The lowest BCUT2D eigenvalue weighted by Crippen LogP contribution is -1.93. The third-order valence-corrected chi connectivity index (χ3v) is 2.12. The van der Waals surface area contributed by atoms with Crippen LogP contribution in [0.4, 0.5) is 0 Å². The number of aryl methyl sites for hydroxylation is 3. The van der Waals surface area contributed by atoms with Gasteiger partial charge in [-0.05, 0) is 37.5 Å². The third-order valence-electron chi connectivity index (χ3n) is 1.72. The molecule has 0 aliphatic heterocycles. The van der Waals surface area contributed by atoms with E-state index in [1.165, 1.54) is 11.1 Å². The van der Waals surface area contributed by atoms with Gasteiger partial charge in [-0.3, -0.25) is 4.98 Å². The first-order chi connectivity index (χ1) is 5.24. The van der Waals surface area contributed by atoms with Crippen LogP contribution in [-0.2, 0) is 6.42 Å². The third kappa shape index (κ3) is 2.29. The predicted molar refractivity (Wildman–Crippen MR) is 51.2 cm³/mol. The summed E-state index contributed by atoms with van der Waals surface area (Å²) in [5, 5.41) is 1.01. The van der Waals surface area contributed by atoms with E-state index >= 15 is 0 Å². The Morgan fingerprint density at radius 2 is 2.18 bits per heavy atom. The average molecular weight is 214 g/mol. The Bertz CT molecular complexity index is 245. The summed E-state index contributed by atoms with van der Waals surface area (Å²) in [7, 11) is 0. The molecule has 0 amide bonds. The van der Waals surface area contributed by atoms with Crippen LogP contribution < -0.4 is 0 Å². The second kappa shape index (κ2) is 3.86. The van der Waals surface area contributed by atoms with Gasteiger partial charge in [0.05, 0.1) is 0 Å². The summed E-state index contributed by atoms with van der Waals surface area (Å²) in [5.74, 6) is 0. The van der Waals surface area contributed by atoms with Gasteiger partial charge in [-0.15, -0.1) is 0 Å². The van der Waals surface area contributed by atoms with Gasteiger partial charge in [0.25, 0.3) is 0 Å². The molecule has 60 valence electrons. The highest BCUT2D eigenvalue weighted by Gasteiger charge is 1.97. The number of halogens is 1. The fourth-order valence-electron chi connectivity index (χ4n) is 1.09. The van der Waals surface area contributed by atoms with Crippen LogP contribution >= 0.6 is 15.9 Å². The summed E-state index contributed by atoms with van der Waals surface area (Å²) in [6.45, 7) is 4.15. The minimum Gasteiger partial charge on any atom is -0.261 e. The van der Waals surface area contributed by atoms with Gasteiger partial charge in [0, 0.05) is 17.2 Å². The van der Waals surface area contributed by atoms with Crippen LogP contribution in [0.25, 0.3) is 0 Å². The quantitative estimate of drug-likeness (QED) is 0.689. The summed E-state index contributed by atoms with van der Waals surface area (Å²) in [6.07, 6.45) is 3.03. The molecule has 0 fully saturated rings. The summed E-state index contributed by atoms with van der Waals surface area (Å²) in [6, 6.07) is 2.12. The van der Waals surface area contributed by atoms with E-state index in [9.17, 15) is 0 Å². The van der Waals surface area contributed by atoms with Crippen LogP contribution in [0.2, 0.25) is 0 Å². The zero-order chi connectivity index (χ0) is 8.27. The molecule has 1 rings (SSSR count). The van der Waals surface area contributed by atoms with Gasteiger partial charge in [-0.2, -0.15) is 0 Å². The molecule has 1 heterocycles. The van der Waals surface area contributed by atoms with Crippen molar-refractivity contribution in [2.45, 2.75) is 20.3 Å². The highest BCUT2D eigenvalue weighted by Crippen LogP contribution is 2.09. The number of hydrogen-bond acceptors (Lipinski definition) is 1. The Morgan fingerprint density at radius 3 is 2.73 bits per heavy atom. The lowest BCUT2D eigenvalue weighted by molar-refractivity contribution is 1.06. The second-order valence-corrected chi connectivity index (χ2v) is 3.48. The molecule has 0 unspecified atom stereocenters. The normalized spacial score (nSPS) is 10.1. The van der Waals surface area contributed by atoms with Crippen molar-refractivity contribution in [2.24, 2.45) is 0 Å². The van der Waals surface area contributed by atoms with E-state index in [1.54, 1.807) is 0 Å². The minimum absolute atomic E-state index is 1.01. The monoisotopic (exact) mass is 213 g/mol. The van der Waals surface area contributed by atoms with Crippen LogP contribution in [0, 0.1) is 13.8 Å². The van der Waals surface area contributed by atoms with Gasteiger partial charge < -0.3 is 0 Å². The van der Waals surface area contributed by atoms with Crippen molar-refractivity contribution in [3.63, 3.8) is 0 Å². The van der Waals surface area contributed by atoms with Crippen molar-refractivity contribution in [3.05, 3.63) is 29.1 Å². The number of hydrogen-bond donors (Lipinski definition) is 0. The minimum atomic E-state index is 1.01. The molecule has 0 N–H and O–H groups in total. The molecule has 1 aromatic heterocycles. The largest absolute Gasteiger partial charge is 0.261 e. The van der Waals surface area contributed by atoms with Crippen LogP contribution in [0.5, 0.6) is 0 Å². The highest BCUT2D eigenvalue weighted by molar-refractivity contribution is 9.09. The molecule has 1 nitrogen and oxygen atoms in total. The fraction of sp³-hybridized carbons (Fsp3) is 0.444. The van der Waals surface area contributed by atoms with Gasteiger partial charge in [0.15, 0.2) is 0 Å². The maximum Gasteiger partial charge on any atom is 0.0375 e. The Balaban J connectivity index is 2.90. The Hall–Kier alpha value is -0.370. The summed E-state index contributed by atoms with van der Waals surface area (Å²) < 4.78 is 0. The van der Waals surface area contributed by atoms with E-state index < -0.39 is 0 Å². The molecule has 0 aromatic carbocycles. The van der Waals surface area contributed by atoms with Crippen molar-refractivity contribution in [1.82, 2.24) is 4.98 Å². The summed E-state index contributed by atoms with van der Waals surface area (Å²) >= 11 is 3.41. The van der Waals surface area contributed by atoms with Crippen LogP contribution in [0.15, 0.2) is 12.3 Å². The molecule has 0 atom stereocenters. The molecule has 2 heteroatoms. The van der Waals surface area contributed by atoms with Crippen molar-refractivity contribution in [3.8, 4) is 0 Å². The molecule has 0 radical (unpaired) electrons. The number of nitrogens with zero attached hydrogens (tertiary/aromatic N) is 1. The van der Waals surface area contributed by atoms with Gasteiger partial charge in [-0.25, -0.2) is 0 Å². The number of rotatable bonds is 2. The molecule has 11 heavy (non-hydrogen) atoms. The smallest absolute Gasteiger partial charge is 0.0375 e. The standard InChI is InChI=1S/C9H12BrN/c1-7-5-8(2)11-6-9(7)3-4-10/h5-6H,3-4H2,1-2H3. The maximum absolute atomic E-state index is 4.24. The van der Waals surface area contributed by atoms with Crippen LogP contribution in [-0.4, -0.2) is 10.3 Å². The average Bonchev–Trinajstić information content (AvgIpc) is 1.95. The maximum atomic E-state index is 4.24. The lowest BCUT2D eigenvalue weighted by Gasteiger charge is -2.02. The van der Waals surface area contributed by atoms with E-state index in [0.717, 1.165) is 17.4 Å². The second-order valence-electron chi connectivity index (χ2n) is 2.69. The molecule has 0 saturated carbocycles. The van der Waals surface area contributed by atoms with E-state index in [2.05, 4.69) is 33.9 Å². The zero-order valence-corrected chi connectivity index (χ0v) is 8.48. The molecule has 0 bridgehead atoms. The molecular weight excluding hydrogens is 202 g/mol. The number of aromatic nitrogens is 1. The SMILES string of the molecule is Cc1cc(C)c(CCBr)cn1. The molecule has 0 saturated heterocycles. The molecule has 0 aliphatic carbocycles. The number of pyridine rings is 1. The van der Waals surface area contributed by atoms with E-state index in [-0.39, 0.29) is 0 Å². The highest BCUT2D eigenvalue weighted by atomic mass is 79.9. The van der Waals surface area contributed by atoms with Gasteiger partial charge in [0.2, 0.25) is 0 Å². The van der Waals surface area contributed by atoms with Gasteiger partial charge >= 0.3 is 0 Å². The Labute approximate surface area is 76.0 Å².